The highest BCUT2D eigenvalue weighted by Gasteiger charge is 2.30. The van der Waals surface area contributed by atoms with Crippen molar-refractivity contribution in [3.8, 4) is 11.4 Å². The van der Waals surface area contributed by atoms with Crippen LogP contribution in [0.2, 0.25) is 0 Å². The predicted octanol–water partition coefficient (Wildman–Crippen LogP) is 1.83. The Morgan fingerprint density at radius 2 is 2.05 bits per heavy atom. The summed E-state index contributed by atoms with van der Waals surface area (Å²) in [6, 6.07) is 7.11. The van der Waals surface area contributed by atoms with E-state index in [4.69, 9.17) is 5.73 Å². The number of aromatic hydroxyl groups is 1. The summed E-state index contributed by atoms with van der Waals surface area (Å²) in [5, 5.41) is 17.1. The molecule has 5 nitrogen and oxygen atoms in total. The van der Waals surface area contributed by atoms with E-state index in [2.05, 4.69) is 10.4 Å². The molecule has 1 aromatic carbocycles. The minimum absolute atomic E-state index is 0.269. The highest BCUT2D eigenvalue weighted by Crippen LogP contribution is 2.44. The predicted molar refractivity (Wildman–Crippen MR) is 74.7 cm³/mol. The Bertz CT molecular complexity index is 557. The quantitative estimate of drug-likeness (QED) is 0.764. The summed E-state index contributed by atoms with van der Waals surface area (Å²) in [5.41, 5.74) is 8.80. The molecular formula is C14H18N4O. The summed E-state index contributed by atoms with van der Waals surface area (Å²) >= 11 is 0. The first kappa shape index (κ1) is 12.0. The van der Waals surface area contributed by atoms with E-state index in [-0.39, 0.29) is 5.75 Å². The third kappa shape index (κ3) is 2.42. The molecular weight excluding hydrogens is 240 g/mol. The van der Waals surface area contributed by atoms with Crippen LogP contribution in [0.15, 0.2) is 30.5 Å². The van der Waals surface area contributed by atoms with E-state index in [1.165, 1.54) is 18.5 Å². The van der Waals surface area contributed by atoms with Crippen molar-refractivity contribution >= 4 is 5.69 Å². The number of benzene rings is 1. The first-order chi connectivity index (χ1) is 9.29. The lowest BCUT2D eigenvalue weighted by atomic mass is 10.2. The lowest BCUT2D eigenvalue weighted by Crippen LogP contribution is -2.14. The number of phenols is 1. The summed E-state index contributed by atoms with van der Waals surface area (Å²) < 4.78 is 1.95. The first-order valence-electron chi connectivity index (χ1n) is 6.61. The molecule has 0 spiro atoms. The monoisotopic (exact) mass is 258 g/mol. The zero-order valence-electron chi connectivity index (χ0n) is 10.7. The van der Waals surface area contributed by atoms with Crippen molar-refractivity contribution in [2.45, 2.75) is 18.8 Å². The number of hydrogen-bond acceptors (Lipinski definition) is 4. The van der Waals surface area contributed by atoms with Crippen molar-refractivity contribution in [3.63, 3.8) is 0 Å². The minimum Gasteiger partial charge on any atom is -0.508 e. The molecule has 0 atom stereocenters. The number of anilines is 1. The van der Waals surface area contributed by atoms with Gasteiger partial charge in [-0.25, -0.2) is 4.68 Å². The molecule has 100 valence electrons. The smallest absolute Gasteiger partial charge is 0.115 e. The van der Waals surface area contributed by atoms with Gasteiger partial charge < -0.3 is 16.2 Å². The van der Waals surface area contributed by atoms with E-state index in [9.17, 15) is 5.11 Å². The lowest BCUT2D eigenvalue weighted by Gasteiger charge is -2.10. The summed E-state index contributed by atoms with van der Waals surface area (Å²) in [4.78, 5) is 0. The molecule has 0 unspecified atom stereocenters. The van der Waals surface area contributed by atoms with Gasteiger partial charge in [0.15, 0.2) is 0 Å². The minimum atomic E-state index is 0.269. The van der Waals surface area contributed by atoms with Crippen LogP contribution in [0.4, 0.5) is 5.69 Å². The second-order valence-corrected chi connectivity index (χ2v) is 4.86. The number of phenolic OH excluding ortho intramolecular Hbond substituents is 1. The molecule has 1 heterocycles. The molecule has 1 saturated carbocycles. The summed E-state index contributed by atoms with van der Waals surface area (Å²) in [6.07, 6.45) is 4.28. The van der Waals surface area contributed by atoms with Gasteiger partial charge in [0, 0.05) is 19.0 Å². The van der Waals surface area contributed by atoms with Crippen molar-refractivity contribution in [2.24, 2.45) is 5.73 Å². The Labute approximate surface area is 112 Å². The third-order valence-electron chi connectivity index (χ3n) is 3.32. The third-order valence-corrected chi connectivity index (χ3v) is 3.32. The molecule has 1 aliphatic carbocycles. The van der Waals surface area contributed by atoms with Crippen LogP contribution < -0.4 is 11.1 Å². The van der Waals surface area contributed by atoms with E-state index >= 15 is 0 Å². The Morgan fingerprint density at radius 3 is 2.68 bits per heavy atom. The fraction of sp³-hybridized carbons (Fsp3) is 0.357. The van der Waals surface area contributed by atoms with Gasteiger partial charge in [-0.05, 0) is 37.1 Å². The van der Waals surface area contributed by atoms with Gasteiger partial charge >= 0.3 is 0 Å². The van der Waals surface area contributed by atoms with Crippen LogP contribution in [0, 0.1) is 0 Å². The number of rotatable bonds is 5. The fourth-order valence-corrected chi connectivity index (χ4v) is 2.25. The van der Waals surface area contributed by atoms with Gasteiger partial charge in [0.25, 0.3) is 0 Å². The SMILES string of the molecule is NCCNc1cnn(-c2ccc(O)cc2)c1C1CC1. The number of aromatic nitrogens is 2. The molecule has 1 fully saturated rings. The summed E-state index contributed by atoms with van der Waals surface area (Å²) in [7, 11) is 0. The van der Waals surface area contributed by atoms with E-state index < -0.39 is 0 Å². The summed E-state index contributed by atoms with van der Waals surface area (Å²) in [5.74, 6) is 0.849. The van der Waals surface area contributed by atoms with Gasteiger partial charge in [-0.1, -0.05) is 0 Å². The van der Waals surface area contributed by atoms with Crippen LogP contribution in [0.3, 0.4) is 0 Å². The van der Waals surface area contributed by atoms with Crippen LogP contribution in [0.25, 0.3) is 5.69 Å². The van der Waals surface area contributed by atoms with Gasteiger partial charge in [-0.2, -0.15) is 5.10 Å². The molecule has 1 aromatic heterocycles. The van der Waals surface area contributed by atoms with E-state index in [1.807, 2.05) is 23.0 Å². The second-order valence-electron chi connectivity index (χ2n) is 4.86. The van der Waals surface area contributed by atoms with Crippen molar-refractivity contribution in [2.75, 3.05) is 18.4 Å². The maximum atomic E-state index is 9.36. The van der Waals surface area contributed by atoms with Crippen molar-refractivity contribution in [1.29, 1.82) is 0 Å². The van der Waals surface area contributed by atoms with E-state index in [0.717, 1.165) is 17.9 Å². The van der Waals surface area contributed by atoms with Gasteiger partial charge in [0.2, 0.25) is 0 Å². The van der Waals surface area contributed by atoms with Gasteiger partial charge in [0.05, 0.1) is 23.3 Å². The topological polar surface area (TPSA) is 76.1 Å². The van der Waals surface area contributed by atoms with Gasteiger partial charge in [0.1, 0.15) is 5.75 Å². The second kappa shape index (κ2) is 4.93. The average molecular weight is 258 g/mol. The Morgan fingerprint density at radius 1 is 1.32 bits per heavy atom. The Kier molecular flexibility index (Phi) is 3.13. The maximum absolute atomic E-state index is 9.36. The first-order valence-corrected chi connectivity index (χ1v) is 6.61. The molecule has 0 radical (unpaired) electrons. The Hall–Kier alpha value is -2.01. The molecule has 3 rings (SSSR count). The maximum Gasteiger partial charge on any atom is 0.115 e. The standard InChI is InChI=1S/C14H18N4O/c15-7-8-16-13-9-17-18(14(13)10-1-2-10)11-3-5-12(19)6-4-11/h3-6,9-10,16,19H,1-2,7-8,15H2. The molecule has 0 saturated heterocycles. The van der Waals surface area contributed by atoms with Crippen molar-refractivity contribution < 1.29 is 5.11 Å². The number of hydrogen-bond donors (Lipinski definition) is 3. The molecule has 2 aromatic rings. The van der Waals surface area contributed by atoms with Crippen LogP contribution in [0.5, 0.6) is 5.75 Å². The van der Waals surface area contributed by atoms with Crippen molar-refractivity contribution in [3.05, 3.63) is 36.2 Å². The molecule has 19 heavy (non-hydrogen) atoms. The number of nitrogens with two attached hydrogens (primary N) is 1. The highest BCUT2D eigenvalue weighted by atomic mass is 16.3. The van der Waals surface area contributed by atoms with Crippen LogP contribution in [-0.2, 0) is 0 Å². The molecule has 0 amide bonds. The average Bonchev–Trinajstić information content (AvgIpc) is 3.18. The molecule has 0 bridgehead atoms. The lowest BCUT2D eigenvalue weighted by molar-refractivity contribution is 0.475. The highest BCUT2D eigenvalue weighted by molar-refractivity contribution is 5.53. The van der Waals surface area contributed by atoms with Crippen LogP contribution in [-0.4, -0.2) is 28.0 Å². The fourth-order valence-electron chi connectivity index (χ4n) is 2.25. The number of nitrogens with zero attached hydrogens (tertiary/aromatic N) is 2. The van der Waals surface area contributed by atoms with Gasteiger partial charge in [-0.3, -0.25) is 0 Å². The zero-order chi connectivity index (χ0) is 13.2. The van der Waals surface area contributed by atoms with Crippen LogP contribution >= 0.6 is 0 Å². The Balaban J connectivity index is 1.96. The molecule has 0 aliphatic heterocycles. The normalized spacial score (nSPS) is 14.6. The van der Waals surface area contributed by atoms with E-state index in [1.54, 1.807) is 12.1 Å². The molecule has 1 aliphatic rings. The van der Waals surface area contributed by atoms with Crippen molar-refractivity contribution in [1.82, 2.24) is 9.78 Å². The molecule has 4 N–H and O–H groups in total. The largest absolute Gasteiger partial charge is 0.508 e. The summed E-state index contributed by atoms with van der Waals surface area (Å²) in [6.45, 7) is 1.36. The zero-order valence-corrected chi connectivity index (χ0v) is 10.7. The molecule has 5 heteroatoms. The van der Waals surface area contributed by atoms with E-state index in [0.29, 0.717) is 12.5 Å². The number of nitrogens with one attached hydrogen (secondary N) is 1. The van der Waals surface area contributed by atoms with Crippen LogP contribution in [0.1, 0.15) is 24.5 Å². The van der Waals surface area contributed by atoms with Gasteiger partial charge in [-0.15, -0.1) is 0 Å².